The van der Waals surface area contributed by atoms with Crippen LogP contribution in [0.25, 0.3) is 0 Å². The molecule has 1 N–H and O–H groups in total. The van der Waals surface area contributed by atoms with Crippen LogP contribution in [0.5, 0.6) is 0 Å². The van der Waals surface area contributed by atoms with Crippen LogP contribution in [0.3, 0.4) is 0 Å². The van der Waals surface area contributed by atoms with Gasteiger partial charge in [0.25, 0.3) is 5.91 Å². The van der Waals surface area contributed by atoms with Crippen molar-refractivity contribution >= 4 is 39.8 Å². The van der Waals surface area contributed by atoms with Gasteiger partial charge in [-0.15, -0.1) is 0 Å². The van der Waals surface area contributed by atoms with Gasteiger partial charge in [-0.3, -0.25) is 14.9 Å². The fourth-order valence-corrected chi connectivity index (χ4v) is 3.64. The molecule has 4 nitrogen and oxygen atoms in total. The third-order valence-electron chi connectivity index (χ3n) is 3.84. The van der Waals surface area contributed by atoms with Crippen molar-refractivity contribution in [3.63, 3.8) is 0 Å². The molecule has 1 heterocycles. The van der Waals surface area contributed by atoms with Crippen molar-refractivity contribution in [3.05, 3.63) is 81.3 Å². The highest BCUT2D eigenvalue weighted by atomic mass is 35.5. The van der Waals surface area contributed by atoms with E-state index in [1.165, 1.54) is 11.3 Å². The summed E-state index contributed by atoms with van der Waals surface area (Å²) in [7, 11) is 0. The van der Waals surface area contributed by atoms with Gasteiger partial charge < -0.3 is 0 Å². The van der Waals surface area contributed by atoms with Gasteiger partial charge in [-0.2, -0.15) is 0 Å². The minimum atomic E-state index is -0.301. The molecular formula is C20H17ClN2O2S. The van der Waals surface area contributed by atoms with Gasteiger partial charge in [0.05, 0.1) is 10.6 Å². The zero-order valence-corrected chi connectivity index (χ0v) is 15.7. The van der Waals surface area contributed by atoms with Gasteiger partial charge in [0.2, 0.25) is 0 Å². The molecular weight excluding hydrogens is 368 g/mol. The molecule has 2 aromatic carbocycles. The van der Waals surface area contributed by atoms with Crippen molar-refractivity contribution in [3.8, 4) is 0 Å². The molecule has 6 heteroatoms. The SMILES string of the molecule is Cc1nc(NC(=O)c2cccc(Cl)c2)sc1C(=O)CCc1ccccc1. The average Bonchev–Trinajstić information content (AvgIpc) is 3.01. The molecule has 132 valence electrons. The standard InChI is InChI=1S/C20H17ClN2O2S/c1-13-18(17(24)11-10-14-6-3-2-4-7-14)26-20(22-13)23-19(25)15-8-5-9-16(21)12-15/h2-9,12H,10-11H2,1H3,(H,22,23,25). The lowest BCUT2D eigenvalue weighted by atomic mass is 10.1. The molecule has 3 rings (SSSR count). The van der Waals surface area contributed by atoms with Crippen LogP contribution in [0.4, 0.5) is 5.13 Å². The highest BCUT2D eigenvalue weighted by Gasteiger charge is 2.17. The van der Waals surface area contributed by atoms with Gasteiger partial charge >= 0.3 is 0 Å². The van der Waals surface area contributed by atoms with E-state index in [4.69, 9.17) is 11.6 Å². The van der Waals surface area contributed by atoms with Crippen LogP contribution >= 0.6 is 22.9 Å². The molecule has 1 amide bonds. The maximum absolute atomic E-state index is 12.5. The van der Waals surface area contributed by atoms with Gasteiger partial charge in [0, 0.05) is 17.0 Å². The average molecular weight is 385 g/mol. The molecule has 0 radical (unpaired) electrons. The molecule has 0 unspecified atom stereocenters. The normalized spacial score (nSPS) is 10.5. The van der Waals surface area contributed by atoms with Crippen LogP contribution in [-0.4, -0.2) is 16.7 Å². The van der Waals surface area contributed by atoms with E-state index in [1.807, 2.05) is 30.3 Å². The number of carbonyl (C=O) groups is 2. The maximum Gasteiger partial charge on any atom is 0.257 e. The summed E-state index contributed by atoms with van der Waals surface area (Å²) in [6.45, 7) is 1.78. The zero-order chi connectivity index (χ0) is 18.5. The first kappa shape index (κ1) is 18.3. The number of benzene rings is 2. The molecule has 0 aliphatic heterocycles. The number of aryl methyl sites for hydroxylation is 2. The maximum atomic E-state index is 12.5. The van der Waals surface area contributed by atoms with Crippen molar-refractivity contribution in [2.24, 2.45) is 0 Å². The third kappa shape index (κ3) is 4.56. The van der Waals surface area contributed by atoms with E-state index in [-0.39, 0.29) is 11.7 Å². The summed E-state index contributed by atoms with van der Waals surface area (Å²) in [5.74, 6) is -0.267. The molecule has 0 spiro atoms. The second-order valence-electron chi connectivity index (χ2n) is 5.81. The first-order valence-corrected chi connectivity index (χ1v) is 9.34. The first-order valence-electron chi connectivity index (χ1n) is 8.14. The summed E-state index contributed by atoms with van der Waals surface area (Å²) in [6, 6.07) is 16.6. The number of halogens is 1. The van der Waals surface area contributed by atoms with E-state index in [1.54, 1.807) is 31.2 Å². The van der Waals surface area contributed by atoms with E-state index in [9.17, 15) is 9.59 Å². The van der Waals surface area contributed by atoms with E-state index in [0.717, 1.165) is 5.56 Å². The molecule has 0 atom stereocenters. The highest BCUT2D eigenvalue weighted by Crippen LogP contribution is 2.25. The first-order chi connectivity index (χ1) is 12.5. The minimum absolute atomic E-state index is 0.0344. The van der Waals surface area contributed by atoms with Crippen LogP contribution < -0.4 is 5.32 Å². The Kier molecular flexibility index (Phi) is 5.81. The van der Waals surface area contributed by atoms with Gasteiger partial charge in [0.1, 0.15) is 0 Å². The molecule has 3 aromatic rings. The summed E-state index contributed by atoms with van der Waals surface area (Å²) in [5.41, 5.74) is 2.20. The molecule has 1 aromatic heterocycles. The fraction of sp³-hybridized carbons (Fsp3) is 0.150. The lowest BCUT2D eigenvalue weighted by Gasteiger charge is -2.01. The molecule has 26 heavy (non-hydrogen) atoms. The third-order valence-corrected chi connectivity index (χ3v) is 5.19. The smallest absolute Gasteiger partial charge is 0.257 e. The van der Waals surface area contributed by atoms with Gasteiger partial charge in [0.15, 0.2) is 10.9 Å². The van der Waals surface area contributed by atoms with Crippen LogP contribution in [0.15, 0.2) is 54.6 Å². The number of aromatic nitrogens is 1. The molecule has 0 aliphatic rings. The van der Waals surface area contributed by atoms with Crippen molar-refractivity contribution in [1.82, 2.24) is 4.98 Å². The zero-order valence-electron chi connectivity index (χ0n) is 14.2. The van der Waals surface area contributed by atoms with E-state index < -0.39 is 0 Å². The van der Waals surface area contributed by atoms with Crippen LogP contribution in [0, 0.1) is 6.92 Å². The molecule has 0 saturated carbocycles. The summed E-state index contributed by atoms with van der Waals surface area (Å²) >= 11 is 7.11. The highest BCUT2D eigenvalue weighted by molar-refractivity contribution is 7.17. The number of nitrogens with one attached hydrogen (secondary N) is 1. The lowest BCUT2D eigenvalue weighted by Crippen LogP contribution is -2.11. The number of carbonyl (C=O) groups excluding carboxylic acids is 2. The molecule has 0 bridgehead atoms. The largest absolute Gasteiger partial charge is 0.298 e. The molecule has 0 fully saturated rings. The van der Waals surface area contributed by atoms with Crippen molar-refractivity contribution in [2.45, 2.75) is 19.8 Å². The summed E-state index contributed by atoms with van der Waals surface area (Å²) < 4.78 is 0. The topological polar surface area (TPSA) is 59.1 Å². The predicted octanol–water partition coefficient (Wildman–Crippen LogP) is 5.17. The monoisotopic (exact) mass is 384 g/mol. The van der Waals surface area contributed by atoms with E-state index >= 15 is 0 Å². The van der Waals surface area contributed by atoms with Crippen molar-refractivity contribution in [1.29, 1.82) is 0 Å². The summed E-state index contributed by atoms with van der Waals surface area (Å²) in [5, 5.41) is 3.64. The number of anilines is 1. The van der Waals surface area contributed by atoms with Gasteiger partial charge in [-0.25, -0.2) is 4.98 Å². The quantitative estimate of drug-likeness (QED) is 0.596. The number of hydrogen-bond donors (Lipinski definition) is 1. The van der Waals surface area contributed by atoms with E-state index in [0.29, 0.717) is 39.1 Å². The lowest BCUT2D eigenvalue weighted by molar-refractivity contribution is 0.0984. The Morgan fingerprint density at radius 1 is 1.12 bits per heavy atom. The van der Waals surface area contributed by atoms with Crippen LogP contribution in [0.1, 0.15) is 37.7 Å². The number of Topliss-reactive ketones (excluding diaryl/α,β-unsaturated/α-hetero) is 1. The van der Waals surface area contributed by atoms with Crippen LogP contribution in [0.2, 0.25) is 5.02 Å². The number of hydrogen-bond acceptors (Lipinski definition) is 4. The Balaban J connectivity index is 1.66. The van der Waals surface area contributed by atoms with Crippen molar-refractivity contribution in [2.75, 3.05) is 5.32 Å². The fourth-order valence-electron chi connectivity index (χ4n) is 2.52. The second-order valence-corrected chi connectivity index (χ2v) is 7.24. The van der Waals surface area contributed by atoms with Gasteiger partial charge in [-0.05, 0) is 37.1 Å². The minimum Gasteiger partial charge on any atom is -0.298 e. The van der Waals surface area contributed by atoms with Crippen LogP contribution in [-0.2, 0) is 6.42 Å². The Morgan fingerprint density at radius 3 is 2.62 bits per heavy atom. The molecule has 0 aliphatic carbocycles. The number of nitrogens with zero attached hydrogens (tertiary/aromatic N) is 1. The Bertz CT molecular complexity index is 938. The second kappa shape index (κ2) is 8.25. The Morgan fingerprint density at radius 2 is 1.88 bits per heavy atom. The Hall–Kier alpha value is -2.50. The Labute approximate surface area is 160 Å². The summed E-state index contributed by atoms with van der Waals surface area (Å²) in [4.78, 5) is 29.7. The number of amides is 1. The van der Waals surface area contributed by atoms with Crippen molar-refractivity contribution < 1.29 is 9.59 Å². The number of ketones is 1. The number of thiazole rings is 1. The number of rotatable bonds is 6. The summed E-state index contributed by atoms with van der Waals surface area (Å²) in [6.07, 6.45) is 1.09. The molecule has 0 saturated heterocycles. The van der Waals surface area contributed by atoms with E-state index in [2.05, 4.69) is 10.3 Å². The van der Waals surface area contributed by atoms with Gasteiger partial charge in [-0.1, -0.05) is 59.3 Å². The predicted molar refractivity (Wildman–Crippen MR) is 105 cm³/mol.